The minimum Gasteiger partial charge on any atom is -0.342 e. The molecular weight excluding hydrogens is 239 g/mol. The first kappa shape index (κ1) is 12.2. The summed E-state index contributed by atoms with van der Waals surface area (Å²) in [4.78, 5) is 1.94. The zero-order valence-corrected chi connectivity index (χ0v) is 11.0. The number of rotatable bonds is 2. The number of fused-ring (bicyclic) bond motifs is 1. The molecule has 0 aliphatic carbocycles. The number of hydrogen-bond acceptors (Lipinski definition) is 2. The Morgan fingerprint density at radius 3 is 2.68 bits per heavy atom. The number of para-hydroxylation sites is 1. The Labute approximate surface area is 112 Å². The van der Waals surface area contributed by atoms with E-state index in [0.717, 1.165) is 25.2 Å². The van der Waals surface area contributed by atoms with Gasteiger partial charge in [-0.2, -0.15) is 0 Å². The smallest absolute Gasteiger partial charge is 0.146 e. The Bertz CT molecular complexity index is 595. The Morgan fingerprint density at radius 2 is 1.84 bits per heavy atom. The summed E-state index contributed by atoms with van der Waals surface area (Å²) in [6.07, 6.45) is 0.990. The van der Waals surface area contributed by atoms with Crippen LogP contribution >= 0.6 is 0 Å². The molecule has 0 atom stereocenters. The SMILES string of the molecule is CN(c1ccccc1F)c1cccc2c1CCNC2. The second kappa shape index (κ2) is 5.02. The Balaban J connectivity index is 2.05. The lowest BCUT2D eigenvalue weighted by molar-refractivity contribution is 0.626. The van der Waals surface area contributed by atoms with Gasteiger partial charge in [-0.1, -0.05) is 24.3 Å². The fourth-order valence-corrected chi connectivity index (χ4v) is 2.68. The number of halogens is 1. The molecule has 0 aromatic heterocycles. The minimum atomic E-state index is -0.184. The zero-order chi connectivity index (χ0) is 13.2. The van der Waals surface area contributed by atoms with E-state index in [2.05, 4.69) is 17.4 Å². The molecule has 0 fully saturated rings. The van der Waals surface area contributed by atoms with Crippen molar-refractivity contribution in [2.45, 2.75) is 13.0 Å². The fourth-order valence-electron chi connectivity index (χ4n) is 2.68. The molecule has 19 heavy (non-hydrogen) atoms. The first-order valence-corrected chi connectivity index (χ1v) is 6.57. The van der Waals surface area contributed by atoms with E-state index in [0.29, 0.717) is 5.69 Å². The van der Waals surface area contributed by atoms with Crippen LogP contribution in [0.25, 0.3) is 0 Å². The van der Waals surface area contributed by atoms with Crippen molar-refractivity contribution in [3.05, 3.63) is 59.4 Å². The van der Waals surface area contributed by atoms with Crippen molar-refractivity contribution >= 4 is 11.4 Å². The van der Waals surface area contributed by atoms with Gasteiger partial charge in [-0.25, -0.2) is 4.39 Å². The van der Waals surface area contributed by atoms with Crippen LogP contribution in [0.3, 0.4) is 0 Å². The maximum Gasteiger partial charge on any atom is 0.146 e. The molecule has 0 spiro atoms. The van der Waals surface area contributed by atoms with Gasteiger partial charge in [0, 0.05) is 19.3 Å². The first-order valence-electron chi connectivity index (χ1n) is 6.57. The number of nitrogens with zero attached hydrogens (tertiary/aromatic N) is 1. The largest absolute Gasteiger partial charge is 0.342 e. The van der Waals surface area contributed by atoms with Crippen molar-refractivity contribution in [3.63, 3.8) is 0 Å². The summed E-state index contributed by atoms with van der Waals surface area (Å²) in [5, 5.41) is 3.37. The normalized spacial score (nSPS) is 14.0. The van der Waals surface area contributed by atoms with Crippen LogP contribution in [0.5, 0.6) is 0 Å². The van der Waals surface area contributed by atoms with Gasteiger partial charge in [0.05, 0.1) is 5.69 Å². The van der Waals surface area contributed by atoms with Gasteiger partial charge in [0.1, 0.15) is 5.82 Å². The summed E-state index contributed by atoms with van der Waals surface area (Å²) in [5.74, 6) is -0.184. The summed E-state index contributed by atoms with van der Waals surface area (Å²) >= 11 is 0. The van der Waals surface area contributed by atoms with Crippen LogP contribution in [-0.4, -0.2) is 13.6 Å². The lowest BCUT2D eigenvalue weighted by atomic mass is 9.98. The number of benzene rings is 2. The van der Waals surface area contributed by atoms with Crippen LogP contribution in [0.15, 0.2) is 42.5 Å². The van der Waals surface area contributed by atoms with Crippen molar-refractivity contribution < 1.29 is 4.39 Å². The van der Waals surface area contributed by atoms with Crippen LogP contribution in [0.1, 0.15) is 11.1 Å². The molecule has 0 radical (unpaired) electrons. The van der Waals surface area contributed by atoms with Crippen molar-refractivity contribution in [3.8, 4) is 0 Å². The molecule has 0 saturated heterocycles. The first-order chi connectivity index (χ1) is 9.27. The van der Waals surface area contributed by atoms with Gasteiger partial charge in [0.15, 0.2) is 0 Å². The summed E-state index contributed by atoms with van der Waals surface area (Å²) in [6, 6.07) is 13.1. The van der Waals surface area contributed by atoms with Crippen molar-refractivity contribution in [2.24, 2.45) is 0 Å². The van der Waals surface area contributed by atoms with Gasteiger partial charge in [-0.05, 0) is 42.3 Å². The maximum atomic E-state index is 13.9. The molecule has 98 valence electrons. The van der Waals surface area contributed by atoms with E-state index in [-0.39, 0.29) is 5.82 Å². The average Bonchev–Trinajstić information content (AvgIpc) is 2.46. The average molecular weight is 256 g/mol. The predicted molar refractivity (Wildman–Crippen MR) is 76.3 cm³/mol. The van der Waals surface area contributed by atoms with Crippen LogP contribution in [-0.2, 0) is 13.0 Å². The molecule has 2 aromatic carbocycles. The molecule has 0 bridgehead atoms. The fraction of sp³-hybridized carbons (Fsp3) is 0.250. The Morgan fingerprint density at radius 1 is 1.05 bits per heavy atom. The highest BCUT2D eigenvalue weighted by molar-refractivity contribution is 5.67. The van der Waals surface area contributed by atoms with E-state index < -0.39 is 0 Å². The molecule has 1 aliphatic heterocycles. The molecule has 0 saturated carbocycles. The molecule has 0 amide bonds. The highest BCUT2D eigenvalue weighted by Crippen LogP contribution is 2.31. The molecular formula is C16H17FN2. The van der Waals surface area contributed by atoms with Crippen molar-refractivity contribution in [1.82, 2.24) is 5.32 Å². The number of nitrogens with one attached hydrogen (secondary N) is 1. The van der Waals surface area contributed by atoms with E-state index in [1.807, 2.05) is 30.1 Å². The number of hydrogen-bond donors (Lipinski definition) is 1. The Kier molecular flexibility index (Phi) is 3.22. The van der Waals surface area contributed by atoms with Gasteiger partial charge in [-0.3, -0.25) is 0 Å². The van der Waals surface area contributed by atoms with E-state index in [9.17, 15) is 4.39 Å². The van der Waals surface area contributed by atoms with Gasteiger partial charge in [-0.15, -0.1) is 0 Å². The van der Waals surface area contributed by atoms with E-state index >= 15 is 0 Å². The Hall–Kier alpha value is -1.87. The third-order valence-corrected chi connectivity index (χ3v) is 3.69. The highest BCUT2D eigenvalue weighted by atomic mass is 19.1. The highest BCUT2D eigenvalue weighted by Gasteiger charge is 2.17. The molecule has 0 unspecified atom stereocenters. The van der Waals surface area contributed by atoms with E-state index in [4.69, 9.17) is 0 Å². The summed E-state index contributed by atoms with van der Waals surface area (Å²) in [6.45, 7) is 1.88. The molecule has 3 rings (SSSR count). The third kappa shape index (κ3) is 2.22. The van der Waals surface area contributed by atoms with Gasteiger partial charge < -0.3 is 10.2 Å². The summed E-state index contributed by atoms with van der Waals surface area (Å²) < 4.78 is 13.9. The van der Waals surface area contributed by atoms with Crippen molar-refractivity contribution in [2.75, 3.05) is 18.5 Å². The van der Waals surface area contributed by atoms with Crippen LogP contribution in [0.4, 0.5) is 15.8 Å². The summed E-state index contributed by atoms with van der Waals surface area (Å²) in [5.41, 5.74) is 4.36. The monoisotopic (exact) mass is 256 g/mol. The van der Waals surface area contributed by atoms with Crippen LogP contribution in [0.2, 0.25) is 0 Å². The molecule has 2 aromatic rings. The second-order valence-corrected chi connectivity index (χ2v) is 4.85. The standard InChI is InChI=1S/C16H17FN2/c1-19(16-7-3-2-6-14(16)17)15-8-4-5-12-11-18-10-9-13(12)15/h2-8,18H,9-11H2,1H3. The van der Waals surface area contributed by atoms with Gasteiger partial charge >= 0.3 is 0 Å². The number of anilines is 2. The van der Waals surface area contributed by atoms with E-state index in [1.54, 1.807) is 6.07 Å². The molecule has 2 nitrogen and oxygen atoms in total. The molecule has 1 N–H and O–H groups in total. The lowest BCUT2D eigenvalue weighted by Gasteiger charge is -2.27. The molecule has 1 heterocycles. The van der Waals surface area contributed by atoms with Crippen LogP contribution < -0.4 is 10.2 Å². The van der Waals surface area contributed by atoms with E-state index in [1.165, 1.54) is 17.2 Å². The quantitative estimate of drug-likeness (QED) is 0.887. The zero-order valence-electron chi connectivity index (χ0n) is 11.0. The second-order valence-electron chi connectivity index (χ2n) is 4.85. The van der Waals surface area contributed by atoms with Gasteiger partial charge in [0.2, 0.25) is 0 Å². The molecule has 1 aliphatic rings. The van der Waals surface area contributed by atoms with Crippen LogP contribution in [0, 0.1) is 5.82 Å². The summed E-state index contributed by atoms with van der Waals surface area (Å²) in [7, 11) is 1.93. The van der Waals surface area contributed by atoms with Gasteiger partial charge in [0.25, 0.3) is 0 Å². The third-order valence-electron chi connectivity index (χ3n) is 3.69. The molecule has 3 heteroatoms. The minimum absolute atomic E-state index is 0.184. The topological polar surface area (TPSA) is 15.3 Å². The lowest BCUT2D eigenvalue weighted by Crippen LogP contribution is -2.25. The van der Waals surface area contributed by atoms with Crippen molar-refractivity contribution in [1.29, 1.82) is 0 Å². The predicted octanol–water partition coefficient (Wildman–Crippen LogP) is 3.24. The maximum absolute atomic E-state index is 13.9.